The van der Waals surface area contributed by atoms with E-state index in [0.717, 1.165) is 36.6 Å². The fourth-order valence-electron chi connectivity index (χ4n) is 3.49. The van der Waals surface area contributed by atoms with Crippen molar-refractivity contribution >= 4 is 17.4 Å². The molecule has 128 valence electrons. The molecule has 0 aromatic carbocycles. The average Bonchev–Trinajstić information content (AvgIpc) is 3.24. The van der Waals surface area contributed by atoms with Crippen molar-refractivity contribution in [2.75, 3.05) is 26.2 Å². The van der Waals surface area contributed by atoms with Crippen molar-refractivity contribution in [1.82, 2.24) is 20.1 Å². The molecule has 1 aromatic heterocycles. The van der Waals surface area contributed by atoms with Crippen molar-refractivity contribution in [3.63, 3.8) is 0 Å². The number of thiazole rings is 1. The van der Waals surface area contributed by atoms with Crippen molar-refractivity contribution in [3.8, 4) is 0 Å². The van der Waals surface area contributed by atoms with Gasteiger partial charge in [0.2, 0.25) is 0 Å². The number of amides is 2. The summed E-state index contributed by atoms with van der Waals surface area (Å²) in [5, 5.41) is 6.21. The summed E-state index contributed by atoms with van der Waals surface area (Å²) in [6.45, 7) is 9.08. The maximum Gasteiger partial charge on any atom is 0.317 e. The summed E-state index contributed by atoms with van der Waals surface area (Å²) in [6, 6.07) is 0.748. The van der Waals surface area contributed by atoms with Gasteiger partial charge in [-0.05, 0) is 38.8 Å². The van der Waals surface area contributed by atoms with E-state index in [1.807, 2.05) is 4.90 Å². The molecular formula is C17H28N4OS. The van der Waals surface area contributed by atoms with Crippen LogP contribution in [0.1, 0.15) is 56.2 Å². The Balaban J connectivity index is 1.42. The highest BCUT2D eigenvalue weighted by Gasteiger charge is 2.28. The molecule has 2 fully saturated rings. The SMILES string of the molecule is CC(C)c1nc(CNC(=O)N2CCC(N3CCCC3)CC2)cs1. The number of hydrogen-bond donors (Lipinski definition) is 1. The fourth-order valence-corrected chi connectivity index (χ4v) is 4.32. The lowest BCUT2D eigenvalue weighted by Gasteiger charge is -2.36. The Morgan fingerprint density at radius 1 is 1.30 bits per heavy atom. The number of likely N-dealkylation sites (tertiary alicyclic amines) is 2. The number of carbonyl (C=O) groups is 1. The predicted octanol–water partition coefficient (Wildman–Crippen LogP) is 3.04. The van der Waals surface area contributed by atoms with Crippen LogP contribution in [0.5, 0.6) is 0 Å². The van der Waals surface area contributed by atoms with E-state index in [1.165, 1.54) is 25.9 Å². The Morgan fingerprint density at radius 2 is 2.00 bits per heavy atom. The van der Waals surface area contributed by atoms with Crippen LogP contribution in [0.3, 0.4) is 0 Å². The van der Waals surface area contributed by atoms with E-state index in [0.29, 0.717) is 18.5 Å². The fraction of sp³-hybridized carbons (Fsp3) is 0.765. The molecule has 5 nitrogen and oxygen atoms in total. The third kappa shape index (κ3) is 4.23. The van der Waals surface area contributed by atoms with Gasteiger partial charge in [0.25, 0.3) is 0 Å². The number of rotatable bonds is 4. The maximum atomic E-state index is 12.3. The molecule has 2 amide bonds. The molecular weight excluding hydrogens is 308 g/mol. The van der Waals surface area contributed by atoms with Crippen LogP contribution in [0.25, 0.3) is 0 Å². The van der Waals surface area contributed by atoms with Crippen LogP contribution in [0.4, 0.5) is 4.79 Å². The van der Waals surface area contributed by atoms with Gasteiger partial charge in [-0.1, -0.05) is 13.8 Å². The molecule has 2 aliphatic rings. The van der Waals surface area contributed by atoms with Crippen LogP contribution >= 0.6 is 11.3 Å². The molecule has 23 heavy (non-hydrogen) atoms. The first-order chi connectivity index (χ1) is 11.1. The molecule has 3 heterocycles. The van der Waals surface area contributed by atoms with Crippen molar-refractivity contribution in [2.45, 2.75) is 58.0 Å². The lowest BCUT2D eigenvalue weighted by molar-refractivity contribution is 0.134. The van der Waals surface area contributed by atoms with Gasteiger partial charge >= 0.3 is 6.03 Å². The largest absolute Gasteiger partial charge is 0.332 e. The Bertz CT molecular complexity index is 516. The summed E-state index contributed by atoms with van der Waals surface area (Å²) in [6.07, 6.45) is 4.91. The van der Waals surface area contributed by atoms with Gasteiger partial charge < -0.3 is 15.1 Å². The monoisotopic (exact) mass is 336 g/mol. The lowest BCUT2D eigenvalue weighted by atomic mass is 10.0. The Hall–Kier alpha value is -1.14. The van der Waals surface area contributed by atoms with Gasteiger partial charge in [0.15, 0.2) is 0 Å². The molecule has 0 atom stereocenters. The van der Waals surface area contributed by atoms with E-state index in [4.69, 9.17) is 0 Å². The molecule has 0 aliphatic carbocycles. The quantitative estimate of drug-likeness (QED) is 0.919. The number of nitrogens with one attached hydrogen (secondary N) is 1. The van der Waals surface area contributed by atoms with Gasteiger partial charge in [0, 0.05) is 30.4 Å². The summed E-state index contributed by atoms with van der Waals surface area (Å²) in [5.74, 6) is 0.453. The molecule has 0 spiro atoms. The van der Waals surface area contributed by atoms with E-state index >= 15 is 0 Å². The second-order valence-corrected chi connectivity index (χ2v) is 7.84. The number of hydrogen-bond acceptors (Lipinski definition) is 4. The van der Waals surface area contributed by atoms with Crippen molar-refractivity contribution in [2.24, 2.45) is 0 Å². The molecule has 0 radical (unpaired) electrons. The van der Waals surface area contributed by atoms with Crippen molar-refractivity contribution in [3.05, 3.63) is 16.1 Å². The minimum Gasteiger partial charge on any atom is -0.332 e. The molecule has 1 N–H and O–H groups in total. The lowest BCUT2D eigenvalue weighted by Crippen LogP contribution is -2.48. The van der Waals surface area contributed by atoms with Crippen LogP contribution in [-0.2, 0) is 6.54 Å². The van der Waals surface area contributed by atoms with Crippen LogP contribution in [0.15, 0.2) is 5.38 Å². The van der Waals surface area contributed by atoms with Crippen molar-refractivity contribution in [1.29, 1.82) is 0 Å². The summed E-state index contributed by atoms with van der Waals surface area (Å²) in [7, 11) is 0. The number of piperidine rings is 1. The van der Waals surface area contributed by atoms with Crippen LogP contribution in [0, 0.1) is 0 Å². The minimum atomic E-state index is 0.0592. The van der Waals surface area contributed by atoms with Crippen molar-refractivity contribution < 1.29 is 4.79 Å². The third-order valence-corrected chi connectivity index (χ3v) is 6.09. The van der Waals surface area contributed by atoms with Crippen LogP contribution in [-0.4, -0.2) is 53.0 Å². The predicted molar refractivity (Wildman–Crippen MR) is 93.8 cm³/mol. The standard InChI is InChI=1S/C17H28N4OS/c1-13(2)16-19-14(12-23-16)11-18-17(22)21-9-5-15(6-10-21)20-7-3-4-8-20/h12-13,15H,3-11H2,1-2H3,(H,18,22). The topological polar surface area (TPSA) is 48.5 Å². The Kier molecular flexibility index (Phi) is 5.54. The Morgan fingerprint density at radius 3 is 2.61 bits per heavy atom. The second kappa shape index (κ2) is 7.62. The number of nitrogens with zero attached hydrogens (tertiary/aromatic N) is 3. The normalized spacial score (nSPS) is 20.4. The molecule has 1 aromatic rings. The highest BCUT2D eigenvalue weighted by molar-refractivity contribution is 7.09. The smallest absolute Gasteiger partial charge is 0.317 e. The first-order valence-electron chi connectivity index (χ1n) is 8.84. The second-order valence-electron chi connectivity index (χ2n) is 6.95. The zero-order chi connectivity index (χ0) is 16.2. The van der Waals surface area contributed by atoms with Crippen LogP contribution < -0.4 is 5.32 Å². The maximum absolute atomic E-state index is 12.3. The van der Waals surface area contributed by atoms with E-state index in [2.05, 4.69) is 34.4 Å². The third-order valence-electron chi connectivity index (χ3n) is 4.89. The Labute approximate surface area is 143 Å². The molecule has 0 bridgehead atoms. The minimum absolute atomic E-state index is 0.0592. The average molecular weight is 337 g/mol. The first kappa shape index (κ1) is 16.7. The summed E-state index contributed by atoms with van der Waals surface area (Å²) in [4.78, 5) is 21.5. The molecule has 0 unspecified atom stereocenters. The molecule has 3 rings (SSSR count). The summed E-state index contributed by atoms with van der Waals surface area (Å²) < 4.78 is 0. The molecule has 6 heteroatoms. The number of urea groups is 1. The zero-order valence-corrected chi connectivity index (χ0v) is 15.1. The van der Waals surface area contributed by atoms with E-state index in [1.54, 1.807) is 11.3 Å². The first-order valence-corrected chi connectivity index (χ1v) is 9.72. The van der Waals surface area contributed by atoms with Gasteiger partial charge in [0.1, 0.15) is 0 Å². The van der Waals surface area contributed by atoms with Gasteiger partial charge in [0.05, 0.1) is 17.2 Å². The van der Waals surface area contributed by atoms with Gasteiger partial charge in [-0.2, -0.15) is 0 Å². The number of carbonyl (C=O) groups excluding carboxylic acids is 1. The summed E-state index contributed by atoms with van der Waals surface area (Å²) >= 11 is 1.68. The van der Waals surface area contributed by atoms with Gasteiger partial charge in [-0.15, -0.1) is 11.3 Å². The van der Waals surface area contributed by atoms with E-state index in [-0.39, 0.29) is 6.03 Å². The highest BCUT2D eigenvalue weighted by atomic mass is 32.1. The van der Waals surface area contributed by atoms with E-state index < -0.39 is 0 Å². The van der Waals surface area contributed by atoms with Gasteiger partial charge in [-0.3, -0.25) is 0 Å². The number of aromatic nitrogens is 1. The van der Waals surface area contributed by atoms with Gasteiger partial charge in [-0.25, -0.2) is 9.78 Å². The molecule has 0 saturated carbocycles. The highest BCUT2D eigenvalue weighted by Crippen LogP contribution is 2.21. The summed E-state index contributed by atoms with van der Waals surface area (Å²) in [5.41, 5.74) is 0.971. The molecule has 2 saturated heterocycles. The molecule has 2 aliphatic heterocycles. The van der Waals surface area contributed by atoms with E-state index in [9.17, 15) is 4.79 Å². The zero-order valence-electron chi connectivity index (χ0n) is 14.3. The van der Waals surface area contributed by atoms with Crippen LogP contribution in [0.2, 0.25) is 0 Å².